The highest BCUT2D eigenvalue weighted by atomic mass is 79.9. The minimum Gasteiger partial charge on any atom is -0.493 e. The highest BCUT2D eigenvalue weighted by Crippen LogP contribution is 2.30. The molecule has 0 aliphatic carbocycles. The normalized spacial score (nSPS) is 10.8. The van der Waals surface area contributed by atoms with E-state index in [1.54, 1.807) is 36.4 Å². The van der Waals surface area contributed by atoms with Gasteiger partial charge in [-0.2, -0.15) is 5.10 Å². The third-order valence-electron chi connectivity index (χ3n) is 3.62. The maximum Gasteiger partial charge on any atom is 0.277 e. The van der Waals surface area contributed by atoms with E-state index < -0.39 is 5.91 Å². The van der Waals surface area contributed by atoms with Crippen LogP contribution in [0.5, 0.6) is 11.5 Å². The Hall–Kier alpha value is -2.77. The molecule has 1 N–H and O–H groups in total. The summed E-state index contributed by atoms with van der Waals surface area (Å²) < 4.78 is 17.2. The first-order chi connectivity index (χ1) is 13.5. The average molecular weight is 464 g/mol. The number of hydrazone groups is 1. The highest BCUT2D eigenvalue weighted by molar-refractivity contribution is 9.10. The lowest BCUT2D eigenvalue weighted by atomic mass is 10.2. The molecule has 1 amide bonds. The molecule has 144 valence electrons. The van der Waals surface area contributed by atoms with Crippen LogP contribution in [0.15, 0.2) is 68.6 Å². The number of methoxy groups -OCH3 is 1. The Bertz CT molecular complexity index is 986. The number of benzene rings is 2. The molecule has 0 spiro atoms. The predicted molar refractivity (Wildman–Crippen MR) is 111 cm³/mol. The zero-order valence-electron chi connectivity index (χ0n) is 14.8. The second-order valence-electron chi connectivity index (χ2n) is 5.59. The Labute approximate surface area is 175 Å². The largest absolute Gasteiger partial charge is 0.493 e. The lowest BCUT2D eigenvalue weighted by Crippen LogP contribution is -2.24. The maximum atomic E-state index is 11.9. The van der Waals surface area contributed by atoms with Crippen LogP contribution in [-0.4, -0.2) is 25.8 Å². The number of amides is 1. The molecule has 3 rings (SSSR count). The number of hydrogen-bond donors (Lipinski definition) is 1. The SMILES string of the molecule is COc1cc(Br)ccc1OCC(=O)N/N=C\c1ccc(-c2ccc(Cl)cc2)o1. The van der Waals surface area contributed by atoms with Gasteiger partial charge in [-0.05, 0) is 54.6 Å². The van der Waals surface area contributed by atoms with Gasteiger partial charge in [-0.15, -0.1) is 0 Å². The van der Waals surface area contributed by atoms with Crippen molar-refractivity contribution in [1.82, 2.24) is 5.43 Å². The standard InChI is InChI=1S/C20H16BrClN2O4/c1-26-19-10-14(21)4-8-18(19)27-12-20(25)24-23-11-16-7-9-17(28-16)13-2-5-15(22)6-3-13/h2-11H,12H2,1H3,(H,24,25)/b23-11-. The van der Waals surface area contributed by atoms with Gasteiger partial charge in [-0.1, -0.05) is 27.5 Å². The fraction of sp³-hybridized carbons (Fsp3) is 0.100. The van der Waals surface area contributed by atoms with Gasteiger partial charge in [-0.25, -0.2) is 5.43 Å². The lowest BCUT2D eigenvalue weighted by Gasteiger charge is -2.09. The first kappa shape index (κ1) is 20.0. The van der Waals surface area contributed by atoms with Crippen LogP contribution >= 0.6 is 27.5 Å². The number of carbonyl (C=O) groups is 1. The number of furan rings is 1. The van der Waals surface area contributed by atoms with Gasteiger partial charge in [0.1, 0.15) is 11.5 Å². The summed E-state index contributed by atoms with van der Waals surface area (Å²) >= 11 is 9.22. The lowest BCUT2D eigenvalue weighted by molar-refractivity contribution is -0.123. The average Bonchev–Trinajstić information content (AvgIpc) is 3.16. The smallest absolute Gasteiger partial charge is 0.277 e. The van der Waals surface area contributed by atoms with Crippen LogP contribution < -0.4 is 14.9 Å². The first-order valence-corrected chi connectivity index (χ1v) is 9.36. The molecule has 1 aromatic heterocycles. The van der Waals surface area contributed by atoms with E-state index in [1.807, 2.05) is 18.2 Å². The van der Waals surface area contributed by atoms with Gasteiger partial charge in [0.25, 0.3) is 5.91 Å². The Morgan fingerprint density at radius 1 is 1.18 bits per heavy atom. The van der Waals surface area contributed by atoms with E-state index in [9.17, 15) is 4.79 Å². The number of ether oxygens (including phenoxy) is 2. The third kappa shape index (κ3) is 5.37. The summed E-state index contributed by atoms with van der Waals surface area (Å²) in [6.45, 7) is -0.205. The summed E-state index contributed by atoms with van der Waals surface area (Å²) in [5.41, 5.74) is 3.28. The molecule has 0 bridgehead atoms. The van der Waals surface area contributed by atoms with Crippen LogP contribution in [0.4, 0.5) is 0 Å². The molecule has 0 unspecified atom stereocenters. The van der Waals surface area contributed by atoms with Crippen molar-refractivity contribution in [2.75, 3.05) is 13.7 Å². The van der Waals surface area contributed by atoms with Crippen molar-refractivity contribution >= 4 is 39.7 Å². The quantitative estimate of drug-likeness (QED) is 0.399. The van der Waals surface area contributed by atoms with Crippen LogP contribution in [-0.2, 0) is 4.79 Å². The van der Waals surface area contributed by atoms with Crippen molar-refractivity contribution in [1.29, 1.82) is 0 Å². The fourth-order valence-corrected chi connectivity index (χ4v) is 2.76. The molecular formula is C20H16BrClN2O4. The Morgan fingerprint density at radius 3 is 2.71 bits per heavy atom. The summed E-state index contributed by atoms with van der Waals surface area (Å²) in [5.74, 6) is 1.75. The van der Waals surface area contributed by atoms with Gasteiger partial charge in [-0.3, -0.25) is 4.79 Å². The van der Waals surface area contributed by atoms with Crippen LogP contribution in [0, 0.1) is 0 Å². The van der Waals surface area contributed by atoms with Gasteiger partial charge < -0.3 is 13.9 Å². The number of nitrogens with one attached hydrogen (secondary N) is 1. The minimum atomic E-state index is -0.411. The zero-order chi connectivity index (χ0) is 19.9. The number of halogens is 2. The summed E-state index contributed by atoms with van der Waals surface area (Å²) in [4.78, 5) is 11.9. The molecule has 8 heteroatoms. The van der Waals surface area contributed by atoms with E-state index in [1.165, 1.54) is 13.3 Å². The molecule has 0 fully saturated rings. The summed E-state index contributed by atoms with van der Waals surface area (Å²) in [7, 11) is 1.53. The number of rotatable bonds is 7. The molecule has 0 aliphatic rings. The minimum absolute atomic E-state index is 0.205. The summed E-state index contributed by atoms with van der Waals surface area (Å²) in [6, 6.07) is 16.1. The number of nitrogens with zero attached hydrogens (tertiary/aromatic N) is 1. The van der Waals surface area contributed by atoms with Crippen LogP contribution in [0.3, 0.4) is 0 Å². The molecule has 0 aliphatic heterocycles. The Balaban J connectivity index is 1.52. The topological polar surface area (TPSA) is 73.1 Å². The second-order valence-corrected chi connectivity index (χ2v) is 6.94. The molecule has 1 heterocycles. The molecule has 0 atom stereocenters. The summed E-state index contributed by atoms with van der Waals surface area (Å²) in [5, 5.41) is 4.53. The molecule has 3 aromatic rings. The molecule has 6 nitrogen and oxygen atoms in total. The summed E-state index contributed by atoms with van der Waals surface area (Å²) in [6.07, 6.45) is 1.41. The second kappa shape index (κ2) is 9.43. The van der Waals surface area contributed by atoms with Crippen molar-refractivity contribution < 1.29 is 18.7 Å². The monoisotopic (exact) mass is 462 g/mol. The van der Waals surface area contributed by atoms with E-state index in [0.29, 0.717) is 28.0 Å². The fourth-order valence-electron chi connectivity index (χ4n) is 2.30. The van der Waals surface area contributed by atoms with Crippen LogP contribution in [0.25, 0.3) is 11.3 Å². The van der Waals surface area contributed by atoms with Crippen molar-refractivity contribution in [3.05, 3.63) is 69.9 Å². The number of carbonyl (C=O) groups excluding carboxylic acids is 1. The molecule has 0 saturated carbocycles. The molecule has 0 saturated heterocycles. The van der Waals surface area contributed by atoms with E-state index in [0.717, 1.165) is 10.0 Å². The highest BCUT2D eigenvalue weighted by Gasteiger charge is 2.08. The van der Waals surface area contributed by atoms with E-state index in [2.05, 4.69) is 26.5 Å². The molecule has 28 heavy (non-hydrogen) atoms. The Morgan fingerprint density at radius 2 is 1.96 bits per heavy atom. The zero-order valence-corrected chi connectivity index (χ0v) is 17.2. The predicted octanol–water partition coefficient (Wildman–Crippen LogP) is 4.90. The molecule has 0 radical (unpaired) electrons. The number of hydrogen-bond acceptors (Lipinski definition) is 5. The van der Waals surface area contributed by atoms with Gasteiger partial charge in [0.15, 0.2) is 18.1 Å². The van der Waals surface area contributed by atoms with E-state index in [4.69, 9.17) is 25.5 Å². The van der Waals surface area contributed by atoms with Crippen molar-refractivity contribution in [2.45, 2.75) is 0 Å². The third-order valence-corrected chi connectivity index (χ3v) is 4.37. The van der Waals surface area contributed by atoms with E-state index in [-0.39, 0.29) is 6.61 Å². The Kier molecular flexibility index (Phi) is 6.73. The maximum absolute atomic E-state index is 11.9. The van der Waals surface area contributed by atoms with Crippen LogP contribution in [0.2, 0.25) is 5.02 Å². The van der Waals surface area contributed by atoms with Crippen molar-refractivity contribution in [3.8, 4) is 22.8 Å². The van der Waals surface area contributed by atoms with Gasteiger partial charge >= 0.3 is 0 Å². The first-order valence-electron chi connectivity index (χ1n) is 8.19. The van der Waals surface area contributed by atoms with Gasteiger partial charge in [0.05, 0.1) is 13.3 Å². The van der Waals surface area contributed by atoms with E-state index >= 15 is 0 Å². The van der Waals surface area contributed by atoms with Gasteiger partial charge in [0, 0.05) is 15.1 Å². The molecule has 2 aromatic carbocycles. The van der Waals surface area contributed by atoms with Crippen LogP contribution in [0.1, 0.15) is 5.76 Å². The molecular weight excluding hydrogens is 448 g/mol. The van der Waals surface area contributed by atoms with Gasteiger partial charge in [0.2, 0.25) is 0 Å². The van der Waals surface area contributed by atoms with Crippen molar-refractivity contribution in [2.24, 2.45) is 5.10 Å². The van der Waals surface area contributed by atoms with Crippen molar-refractivity contribution in [3.63, 3.8) is 0 Å².